The van der Waals surface area contributed by atoms with E-state index in [2.05, 4.69) is 15.0 Å². The molecule has 3 heterocycles. The van der Waals surface area contributed by atoms with Crippen molar-refractivity contribution in [1.82, 2.24) is 19.9 Å². The van der Waals surface area contributed by atoms with Gasteiger partial charge in [0.1, 0.15) is 11.8 Å². The molecule has 3 aromatic rings. The summed E-state index contributed by atoms with van der Waals surface area (Å²) in [5.74, 6) is -0.142. The number of benzene rings is 1. The molecule has 1 atom stereocenters. The molecule has 2 aromatic heterocycles. The highest BCUT2D eigenvalue weighted by Crippen LogP contribution is 2.26. The number of morpholine rings is 1. The van der Waals surface area contributed by atoms with E-state index < -0.39 is 0 Å². The van der Waals surface area contributed by atoms with Crippen LogP contribution in [0.1, 0.15) is 28.0 Å². The van der Waals surface area contributed by atoms with Crippen LogP contribution in [0.2, 0.25) is 5.02 Å². The Balaban J connectivity index is 1.48. The summed E-state index contributed by atoms with van der Waals surface area (Å²) in [4.78, 5) is 27.3. The highest BCUT2D eigenvalue weighted by molar-refractivity contribution is 6.30. The number of pyridine rings is 1. The number of carbonyl (C=O) groups excluding carboxylic acids is 1. The van der Waals surface area contributed by atoms with E-state index in [-0.39, 0.29) is 12.0 Å². The zero-order valence-electron chi connectivity index (χ0n) is 15.4. The van der Waals surface area contributed by atoms with Gasteiger partial charge < -0.3 is 9.64 Å². The Morgan fingerprint density at radius 1 is 1.11 bits per heavy atom. The lowest BCUT2D eigenvalue weighted by Gasteiger charge is -2.32. The molecule has 0 aliphatic carbocycles. The molecule has 6 nitrogen and oxygen atoms in total. The lowest BCUT2D eigenvalue weighted by Crippen LogP contribution is -2.42. The van der Waals surface area contributed by atoms with Gasteiger partial charge in [-0.25, -0.2) is 4.98 Å². The fourth-order valence-electron chi connectivity index (χ4n) is 3.11. The second kappa shape index (κ2) is 8.04. The third kappa shape index (κ3) is 4.03. The van der Waals surface area contributed by atoms with Crippen molar-refractivity contribution >= 4 is 17.5 Å². The van der Waals surface area contributed by atoms with Crippen LogP contribution in [0, 0.1) is 6.92 Å². The van der Waals surface area contributed by atoms with Crippen molar-refractivity contribution in [1.29, 1.82) is 0 Å². The second-order valence-electron chi connectivity index (χ2n) is 6.64. The first-order valence-electron chi connectivity index (χ1n) is 9.01. The number of amides is 1. The number of aromatic nitrogens is 3. The number of hydrogen-bond acceptors (Lipinski definition) is 5. The highest BCUT2D eigenvalue weighted by Gasteiger charge is 2.27. The summed E-state index contributed by atoms with van der Waals surface area (Å²) in [5, 5.41) is 0.686. The minimum atomic E-state index is -0.274. The van der Waals surface area contributed by atoms with Crippen LogP contribution in [0.3, 0.4) is 0 Å². The Morgan fingerprint density at radius 2 is 2.00 bits per heavy atom. The maximum atomic E-state index is 12.7. The molecular formula is C21H19ClN4O2. The zero-order valence-corrected chi connectivity index (χ0v) is 16.1. The third-order valence-corrected chi connectivity index (χ3v) is 4.86. The van der Waals surface area contributed by atoms with Crippen molar-refractivity contribution in [3.8, 4) is 11.1 Å². The SMILES string of the molecule is Cc1cnc(C(=O)N2CCO[C@@H](c3ccc(-c4cccc(Cl)c4)cn3)C2)cn1. The van der Waals surface area contributed by atoms with Crippen molar-refractivity contribution in [2.24, 2.45) is 0 Å². The lowest BCUT2D eigenvalue weighted by molar-refractivity contribution is -0.0249. The van der Waals surface area contributed by atoms with E-state index in [4.69, 9.17) is 16.3 Å². The van der Waals surface area contributed by atoms with Gasteiger partial charge in [0.15, 0.2) is 0 Å². The molecule has 1 amide bonds. The number of nitrogens with zero attached hydrogens (tertiary/aromatic N) is 4. The Labute approximate surface area is 168 Å². The third-order valence-electron chi connectivity index (χ3n) is 4.63. The van der Waals surface area contributed by atoms with Crippen molar-refractivity contribution < 1.29 is 9.53 Å². The molecular weight excluding hydrogens is 376 g/mol. The summed E-state index contributed by atoms with van der Waals surface area (Å²) in [6.07, 6.45) is 4.64. The summed E-state index contributed by atoms with van der Waals surface area (Å²) in [5.41, 5.74) is 3.89. The molecule has 0 radical (unpaired) electrons. The van der Waals surface area contributed by atoms with Gasteiger partial charge >= 0.3 is 0 Å². The predicted octanol–water partition coefficient (Wildman–Crippen LogP) is 3.71. The highest BCUT2D eigenvalue weighted by atomic mass is 35.5. The average molecular weight is 395 g/mol. The molecule has 4 rings (SSSR count). The second-order valence-corrected chi connectivity index (χ2v) is 7.07. The molecule has 0 saturated carbocycles. The first-order chi connectivity index (χ1) is 13.6. The van der Waals surface area contributed by atoms with E-state index in [0.29, 0.717) is 30.4 Å². The number of halogens is 1. The molecule has 0 N–H and O–H groups in total. The van der Waals surface area contributed by atoms with Crippen LogP contribution in [0.5, 0.6) is 0 Å². The normalized spacial score (nSPS) is 16.8. The van der Waals surface area contributed by atoms with Gasteiger partial charge in [-0.15, -0.1) is 0 Å². The van der Waals surface area contributed by atoms with Gasteiger partial charge in [0.05, 0.1) is 30.7 Å². The van der Waals surface area contributed by atoms with Gasteiger partial charge in [0.2, 0.25) is 0 Å². The molecule has 0 bridgehead atoms. The van der Waals surface area contributed by atoms with Crippen LogP contribution in [0.15, 0.2) is 55.0 Å². The fraction of sp³-hybridized carbons (Fsp3) is 0.238. The molecule has 1 fully saturated rings. The molecule has 1 saturated heterocycles. The van der Waals surface area contributed by atoms with Crippen molar-refractivity contribution in [3.05, 3.63) is 77.1 Å². The van der Waals surface area contributed by atoms with Crippen molar-refractivity contribution in [2.75, 3.05) is 19.7 Å². The smallest absolute Gasteiger partial charge is 0.274 e. The zero-order chi connectivity index (χ0) is 19.5. The average Bonchev–Trinajstić information content (AvgIpc) is 2.74. The standard InChI is InChI=1S/C21H19ClN4O2/c1-14-10-24-19(12-23-14)21(27)26-7-8-28-20(13-26)18-6-5-16(11-25-18)15-3-2-4-17(22)9-15/h2-6,9-12,20H,7-8,13H2,1H3/t20-/m1/s1. The van der Waals surface area contributed by atoms with Crippen molar-refractivity contribution in [2.45, 2.75) is 13.0 Å². The van der Waals surface area contributed by atoms with Crippen molar-refractivity contribution in [3.63, 3.8) is 0 Å². The number of carbonyl (C=O) groups is 1. The Hall–Kier alpha value is -2.83. The van der Waals surface area contributed by atoms with Crippen LogP contribution in [0.4, 0.5) is 0 Å². The monoisotopic (exact) mass is 394 g/mol. The summed E-state index contributed by atoms with van der Waals surface area (Å²) in [7, 11) is 0. The summed E-state index contributed by atoms with van der Waals surface area (Å²) in [6.45, 7) is 3.24. The molecule has 0 spiro atoms. The van der Waals surface area contributed by atoms with Crippen LogP contribution in [-0.2, 0) is 4.74 Å². The topological polar surface area (TPSA) is 68.2 Å². The molecule has 28 heavy (non-hydrogen) atoms. The lowest BCUT2D eigenvalue weighted by atomic mass is 10.1. The molecule has 0 unspecified atom stereocenters. The van der Waals surface area contributed by atoms with Gasteiger partial charge in [0, 0.05) is 29.5 Å². The summed E-state index contributed by atoms with van der Waals surface area (Å²) >= 11 is 6.07. The predicted molar refractivity (Wildman–Crippen MR) is 106 cm³/mol. The number of aryl methyl sites for hydroxylation is 1. The molecule has 7 heteroatoms. The molecule has 142 valence electrons. The number of ether oxygens (including phenoxy) is 1. The largest absolute Gasteiger partial charge is 0.368 e. The fourth-order valence-corrected chi connectivity index (χ4v) is 3.30. The van der Waals surface area contributed by atoms with E-state index in [1.807, 2.05) is 43.3 Å². The maximum absolute atomic E-state index is 12.7. The molecule has 1 aromatic carbocycles. The summed E-state index contributed by atoms with van der Waals surface area (Å²) in [6, 6.07) is 11.6. The first kappa shape index (κ1) is 18.5. The minimum Gasteiger partial charge on any atom is -0.368 e. The van der Waals surface area contributed by atoms with E-state index in [0.717, 1.165) is 22.5 Å². The van der Waals surface area contributed by atoms with Gasteiger partial charge in [-0.05, 0) is 30.7 Å². The quantitative estimate of drug-likeness (QED) is 0.677. The Kier molecular flexibility index (Phi) is 5.32. The van der Waals surface area contributed by atoms with Crippen LogP contribution < -0.4 is 0 Å². The van der Waals surface area contributed by atoms with E-state index in [1.165, 1.54) is 6.20 Å². The van der Waals surface area contributed by atoms with Crippen LogP contribution in [-0.4, -0.2) is 45.5 Å². The van der Waals surface area contributed by atoms with E-state index in [9.17, 15) is 4.79 Å². The maximum Gasteiger partial charge on any atom is 0.274 e. The van der Waals surface area contributed by atoms with Gasteiger partial charge in [-0.1, -0.05) is 29.8 Å². The Morgan fingerprint density at radius 3 is 2.71 bits per heavy atom. The van der Waals surface area contributed by atoms with E-state index >= 15 is 0 Å². The van der Waals surface area contributed by atoms with Gasteiger partial charge in [-0.2, -0.15) is 0 Å². The molecule has 1 aliphatic heterocycles. The first-order valence-corrected chi connectivity index (χ1v) is 9.39. The van der Waals surface area contributed by atoms with E-state index in [1.54, 1.807) is 17.3 Å². The Bertz CT molecular complexity index is 976. The van der Waals surface area contributed by atoms with Crippen LogP contribution >= 0.6 is 11.6 Å². The minimum absolute atomic E-state index is 0.142. The van der Waals surface area contributed by atoms with Crippen LogP contribution in [0.25, 0.3) is 11.1 Å². The van der Waals surface area contributed by atoms with Gasteiger partial charge in [0.25, 0.3) is 5.91 Å². The van der Waals surface area contributed by atoms with Gasteiger partial charge in [-0.3, -0.25) is 14.8 Å². The number of hydrogen-bond donors (Lipinski definition) is 0. The molecule has 1 aliphatic rings. The number of rotatable bonds is 3. The summed E-state index contributed by atoms with van der Waals surface area (Å²) < 4.78 is 5.85.